The fourth-order valence-electron chi connectivity index (χ4n) is 4.43. The van der Waals surface area contributed by atoms with Crippen LogP contribution in [0.4, 0.5) is 17.1 Å². The first kappa shape index (κ1) is 22.9. The van der Waals surface area contributed by atoms with Crippen LogP contribution in [-0.2, 0) is 4.79 Å². The van der Waals surface area contributed by atoms with Crippen LogP contribution in [0.25, 0.3) is 11.1 Å². The number of para-hydroxylation sites is 2. The molecule has 1 heterocycles. The number of aromatic carboxylic acids is 1. The topological polar surface area (TPSA) is 102 Å². The second kappa shape index (κ2) is 9.03. The number of anilines is 3. The van der Waals surface area contributed by atoms with Gasteiger partial charge < -0.3 is 10.2 Å². The normalized spacial score (nSPS) is 13.7. The van der Waals surface area contributed by atoms with Crippen LogP contribution < -0.4 is 10.3 Å². The summed E-state index contributed by atoms with van der Waals surface area (Å²) in [6, 6.07) is 24.7. The van der Waals surface area contributed by atoms with Crippen molar-refractivity contribution in [2.75, 3.05) is 10.3 Å². The SMILES string of the molecule is Cc1cc(C)cc(-c2cccc(NN=C3C(=O)N(c4ccc(C(=O)O)cc4)c4ccccc43)c2O)c1. The largest absolute Gasteiger partial charge is 0.505 e. The Morgan fingerprint density at radius 3 is 2.22 bits per heavy atom. The van der Waals surface area contributed by atoms with E-state index in [9.17, 15) is 19.8 Å². The van der Waals surface area contributed by atoms with Gasteiger partial charge in [-0.05, 0) is 55.8 Å². The van der Waals surface area contributed by atoms with Gasteiger partial charge in [-0.25, -0.2) is 4.79 Å². The molecule has 0 saturated carbocycles. The highest BCUT2D eigenvalue weighted by Crippen LogP contribution is 2.38. The van der Waals surface area contributed by atoms with Crippen molar-refractivity contribution in [2.24, 2.45) is 5.10 Å². The van der Waals surface area contributed by atoms with Crippen molar-refractivity contribution in [1.82, 2.24) is 0 Å². The van der Waals surface area contributed by atoms with Gasteiger partial charge in [0.25, 0.3) is 5.91 Å². The van der Waals surface area contributed by atoms with E-state index in [-0.39, 0.29) is 22.9 Å². The van der Waals surface area contributed by atoms with Crippen molar-refractivity contribution < 1.29 is 19.8 Å². The van der Waals surface area contributed by atoms with Crippen molar-refractivity contribution in [1.29, 1.82) is 0 Å². The number of nitrogens with zero attached hydrogens (tertiary/aromatic N) is 2. The molecule has 4 aromatic carbocycles. The van der Waals surface area contributed by atoms with Crippen LogP contribution in [0.5, 0.6) is 5.75 Å². The first-order valence-corrected chi connectivity index (χ1v) is 11.3. The maximum Gasteiger partial charge on any atom is 0.335 e. The molecule has 7 heteroatoms. The Morgan fingerprint density at radius 1 is 0.861 bits per heavy atom. The van der Waals surface area contributed by atoms with Gasteiger partial charge in [0.05, 0.1) is 16.9 Å². The monoisotopic (exact) mass is 477 g/mol. The molecule has 1 aliphatic rings. The van der Waals surface area contributed by atoms with Gasteiger partial charge in [0.1, 0.15) is 5.75 Å². The number of aryl methyl sites for hydroxylation is 2. The number of carbonyl (C=O) groups excluding carboxylic acids is 1. The van der Waals surface area contributed by atoms with Gasteiger partial charge in [0.2, 0.25) is 0 Å². The molecular weight excluding hydrogens is 454 g/mol. The number of phenols is 1. The fourth-order valence-corrected chi connectivity index (χ4v) is 4.43. The molecule has 7 nitrogen and oxygen atoms in total. The molecule has 3 N–H and O–H groups in total. The van der Waals surface area contributed by atoms with Crippen molar-refractivity contribution in [3.8, 4) is 16.9 Å². The third-order valence-corrected chi connectivity index (χ3v) is 6.04. The predicted molar refractivity (Wildman–Crippen MR) is 140 cm³/mol. The Labute approximate surface area is 208 Å². The lowest BCUT2D eigenvalue weighted by Crippen LogP contribution is -2.26. The summed E-state index contributed by atoms with van der Waals surface area (Å²) < 4.78 is 0. The number of rotatable bonds is 5. The number of carboxylic acids is 1. The standard InChI is InChI=1S/C29H23N3O4/c1-17-14-18(2)16-20(15-17)22-7-5-8-24(27(22)33)30-31-26-23-6-3-4-9-25(23)32(28(26)34)21-12-10-19(11-13-21)29(35)36/h3-16,30,33H,1-2H3,(H,35,36). The molecule has 36 heavy (non-hydrogen) atoms. The average Bonchev–Trinajstić information content (AvgIpc) is 3.14. The van der Waals surface area contributed by atoms with E-state index in [0.717, 1.165) is 16.7 Å². The summed E-state index contributed by atoms with van der Waals surface area (Å²) in [7, 11) is 0. The van der Waals surface area contributed by atoms with Gasteiger partial charge in [-0.2, -0.15) is 5.10 Å². The van der Waals surface area contributed by atoms with Crippen molar-refractivity contribution in [2.45, 2.75) is 13.8 Å². The van der Waals surface area contributed by atoms with Crippen LogP contribution in [0, 0.1) is 13.8 Å². The maximum absolute atomic E-state index is 13.4. The highest BCUT2D eigenvalue weighted by molar-refractivity contribution is 6.55. The number of hydrogen-bond donors (Lipinski definition) is 3. The summed E-state index contributed by atoms with van der Waals surface area (Å²) in [4.78, 5) is 26.1. The molecule has 0 atom stereocenters. The van der Waals surface area contributed by atoms with E-state index in [0.29, 0.717) is 28.2 Å². The van der Waals surface area contributed by atoms with Gasteiger partial charge in [-0.3, -0.25) is 15.1 Å². The van der Waals surface area contributed by atoms with Crippen LogP contribution in [-0.4, -0.2) is 27.8 Å². The van der Waals surface area contributed by atoms with Crippen LogP contribution in [0.1, 0.15) is 27.0 Å². The third-order valence-electron chi connectivity index (χ3n) is 6.04. The lowest BCUT2D eigenvalue weighted by Gasteiger charge is -2.17. The van der Waals surface area contributed by atoms with E-state index in [2.05, 4.69) is 16.6 Å². The van der Waals surface area contributed by atoms with E-state index in [4.69, 9.17) is 0 Å². The number of hydrogen-bond acceptors (Lipinski definition) is 5. The minimum absolute atomic E-state index is 0.0340. The van der Waals surface area contributed by atoms with Gasteiger partial charge in [0.15, 0.2) is 5.71 Å². The van der Waals surface area contributed by atoms with Crippen LogP contribution in [0.2, 0.25) is 0 Å². The Hall–Kier alpha value is -4.91. The number of hydrazone groups is 1. The van der Waals surface area contributed by atoms with Crippen molar-refractivity contribution >= 4 is 34.7 Å². The van der Waals surface area contributed by atoms with Crippen molar-refractivity contribution in [3.63, 3.8) is 0 Å². The smallest absolute Gasteiger partial charge is 0.335 e. The van der Waals surface area contributed by atoms with E-state index >= 15 is 0 Å². The van der Waals surface area contributed by atoms with E-state index in [1.54, 1.807) is 30.3 Å². The van der Waals surface area contributed by atoms with Crippen LogP contribution in [0.15, 0.2) is 90.0 Å². The summed E-state index contributed by atoms with van der Waals surface area (Å²) in [5.41, 5.74) is 9.08. The fraction of sp³-hybridized carbons (Fsp3) is 0.0690. The minimum Gasteiger partial charge on any atom is -0.505 e. The molecule has 0 spiro atoms. The molecule has 0 aromatic heterocycles. The quantitative estimate of drug-likeness (QED) is 0.246. The Bertz CT molecular complexity index is 1520. The van der Waals surface area contributed by atoms with Crippen LogP contribution >= 0.6 is 0 Å². The number of amides is 1. The molecule has 1 aliphatic heterocycles. The van der Waals surface area contributed by atoms with Crippen LogP contribution in [0.3, 0.4) is 0 Å². The number of fused-ring (bicyclic) bond motifs is 1. The van der Waals surface area contributed by atoms with E-state index < -0.39 is 5.97 Å². The molecule has 4 aromatic rings. The minimum atomic E-state index is -1.04. The summed E-state index contributed by atoms with van der Waals surface area (Å²) in [5, 5.41) is 24.6. The molecule has 0 aliphatic carbocycles. The molecular formula is C29H23N3O4. The summed E-state index contributed by atoms with van der Waals surface area (Å²) in [5.74, 6) is -1.37. The average molecular weight is 478 g/mol. The number of carbonyl (C=O) groups is 2. The second-order valence-electron chi connectivity index (χ2n) is 8.66. The number of nitrogens with one attached hydrogen (secondary N) is 1. The third kappa shape index (κ3) is 4.07. The number of carboxylic acid groups (broad SMARTS) is 1. The molecule has 0 radical (unpaired) electrons. The van der Waals surface area contributed by atoms with E-state index in [1.165, 1.54) is 17.0 Å². The lowest BCUT2D eigenvalue weighted by molar-refractivity contribution is -0.111. The van der Waals surface area contributed by atoms with Gasteiger partial charge in [-0.15, -0.1) is 0 Å². The number of benzene rings is 4. The number of aromatic hydroxyl groups is 1. The Balaban J connectivity index is 1.50. The molecule has 178 valence electrons. The molecule has 0 fully saturated rings. The maximum atomic E-state index is 13.4. The summed E-state index contributed by atoms with van der Waals surface area (Å²) in [6.07, 6.45) is 0. The van der Waals surface area contributed by atoms with Gasteiger partial charge >= 0.3 is 5.97 Å². The van der Waals surface area contributed by atoms with Crippen molar-refractivity contribution in [3.05, 3.63) is 107 Å². The molecule has 0 saturated heterocycles. The zero-order chi connectivity index (χ0) is 25.4. The summed E-state index contributed by atoms with van der Waals surface area (Å²) >= 11 is 0. The van der Waals surface area contributed by atoms with Gasteiger partial charge in [0, 0.05) is 16.8 Å². The van der Waals surface area contributed by atoms with E-state index in [1.807, 2.05) is 50.2 Å². The second-order valence-corrected chi connectivity index (χ2v) is 8.66. The molecule has 5 rings (SSSR count). The first-order chi connectivity index (χ1) is 17.3. The summed E-state index contributed by atoms with van der Waals surface area (Å²) in [6.45, 7) is 4.01. The van der Waals surface area contributed by atoms with Gasteiger partial charge in [-0.1, -0.05) is 59.7 Å². The Morgan fingerprint density at radius 2 is 1.53 bits per heavy atom. The number of phenolic OH excluding ortho intramolecular Hbond substituents is 1. The lowest BCUT2D eigenvalue weighted by atomic mass is 9.99. The molecule has 0 unspecified atom stereocenters. The zero-order valence-electron chi connectivity index (χ0n) is 19.7. The molecule has 0 bridgehead atoms. The zero-order valence-corrected chi connectivity index (χ0v) is 19.7. The first-order valence-electron chi connectivity index (χ1n) is 11.3. The highest BCUT2D eigenvalue weighted by Gasteiger charge is 2.35. The molecule has 1 amide bonds. The predicted octanol–water partition coefficient (Wildman–Crippen LogP) is 5.87. The highest BCUT2D eigenvalue weighted by atomic mass is 16.4. The Kier molecular flexibility index (Phi) is 5.74.